The van der Waals surface area contributed by atoms with E-state index in [1.54, 1.807) is 34.1 Å². The molecular formula is C26H32AuN6O4Pr2-4. The number of aromatic nitrogens is 2. The second kappa shape index (κ2) is 18.9. The van der Waals surface area contributed by atoms with Crippen molar-refractivity contribution >= 4 is 22.6 Å². The molecule has 10 nitrogen and oxygen atoms in total. The van der Waals surface area contributed by atoms with Crippen LogP contribution < -0.4 is 20.8 Å². The van der Waals surface area contributed by atoms with Gasteiger partial charge in [-0.15, -0.1) is 0 Å². The van der Waals surface area contributed by atoms with Crippen LogP contribution in [0.4, 0.5) is 0 Å². The first kappa shape index (κ1) is 38.5. The number of nitrogens with zero attached hydrogens (tertiary/aromatic N) is 6. The van der Waals surface area contributed by atoms with Crippen molar-refractivity contribution in [2.75, 3.05) is 39.3 Å². The molecule has 1 aromatic rings. The van der Waals surface area contributed by atoms with E-state index in [9.17, 15) is 19.2 Å². The van der Waals surface area contributed by atoms with Gasteiger partial charge in [-0.3, -0.25) is 20.3 Å². The van der Waals surface area contributed by atoms with Gasteiger partial charge < -0.3 is 45.5 Å². The van der Waals surface area contributed by atoms with Gasteiger partial charge in [-0.05, 0) is 40.1 Å². The maximum Gasteiger partial charge on any atom is 0.239 e. The average Bonchev–Trinajstić information content (AvgIpc) is 3.55. The minimum atomic E-state index is -0.224. The summed E-state index contributed by atoms with van der Waals surface area (Å²) in [4.78, 5) is 62.6. The van der Waals surface area contributed by atoms with Crippen LogP contribution in [0.5, 0.6) is 0 Å². The van der Waals surface area contributed by atoms with Gasteiger partial charge in [-0.2, -0.15) is 6.67 Å². The number of hydrogen-bond acceptors (Lipinski definition) is 6. The fourth-order valence-electron chi connectivity index (χ4n) is 4.02. The number of carbonyl (C=O) groups is 2. The summed E-state index contributed by atoms with van der Waals surface area (Å²) in [5, 5.41) is 1.16. The molecule has 0 N–H and O–H groups in total. The Hall–Kier alpha value is -0.482. The Morgan fingerprint density at radius 2 is 1.10 bits per heavy atom. The summed E-state index contributed by atoms with van der Waals surface area (Å²) < 4.78 is 0. The van der Waals surface area contributed by atoms with Gasteiger partial charge in [0.1, 0.15) is 10.9 Å². The molecule has 39 heavy (non-hydrogen) atoms. The monoisotopic (exact) mass is 971 g/mol. The number of carbonyl (C=O) groups excluding carboxylic acids is 2. The molecule has 0 bridgehead atoms. The van der Waals surface area contributed by atoms with Crippen molar-refractivity contribution in [1.29, 1.82) is 0 Å². The van der Waals surface area contributed by atoms with E-state index in [1.165, 1.54) is 6.33 Å². The quantitative estimate of drug-likeness (QED) is 0.242. The first-order valence-electron chi connectivity index (χ1n) is 12.1. The number of amides is 2. The second-order valence-electron chi connectivity index (χ2n) is 8.17. The van der Waals surface area contributed by atoms with E-state index in [0.717, 1.165) is 26.2 Å². The third-order valence-electron chi connectivity index (χ3n) is 6.06. The molecule has 3 radical (unpaired) electrons. The predicted molar refractivity (Wildman–Crippen MR) is 137 cm³/mol. The maximum atomic E-state index is 12.0. The van der Waals surface area contributed by atoms with Gasteiger partial charge in [0.25, 0.3) is 0 Å². The van der Waals surface area contributed by atoms with Crippen LogP contribution in [0.3, 0.4) is 0 Å². The van der Waals surface area contributed by atoms with Gasteiger partial charge in [-0.25, -0.2) is 0 Å². The molecule has 211 valence electrons. The first-order valence-corrected chi connectivity index (χ1v) is 12.1. The predicted octanol–water partition coefficient (Wildman–Crippen LogP) is 0.847. The Bertz CT molecular complexity index is 1300. The number of likely N-dealkylation sites (N-methyl/N-ethyl adjacent to an activating group) is 2. The van der Waals surface area contributed by atoms with Gasteiger partial charge in [0, 0.05) is 142 Å². The summed E-state index contributed by atoms with van der Waals surface area (Å²) in [7, 11) is 0. The molecule has 2 heterocycles. The van der Waals surface area contributed by atoms with Gasteiger partial charge in [-0.1, -0.05) is 24.3 Å². The molecule has 1 aromatic carbocycles. The zero-order valence-corrected chi connectivity index (χ0v) is 32.2. The Labute approximate surface area is 310 Å². The van der Waals surface area contributed by atoms with Crippen molar-refractivity contribution in [1.82, 2.24) is 29.6 Å². The minimum absolute atomic E-state index is 0. The van der Waals surface area contributed by atoms with Crippen molar-refractivity contribution in [3.05, 3.63) is 80.8 Å². The number of benzene rings is 1. The van der Waals surface area contributed by atoms with E-state index < -0.39 is 0 Å². The molecule has 2 aliphatic heterocycles. The molecule has 2 amide bonds. The number of rotatable bonds is 8. The Morgan fingerprint density at radius 1 is 0.744 bits per heavy atom. The zero-order valence-electron chi connectivity index (χ0n) is 22.6. The fourth-order valence-corrected chi connectivity index (χ4v) is 4.02. The molecule has 3 aliphatic rings. The van der Waals surface area contributed by atoms with Gasteiger partial charge in [0.05, 0.1) is 13.1 Å². The molecule has 4 rings (SSSR count). The topological polar surface area (TPSA) is 109 Å². The smallest absolute Gasteiger partial charge is 0.239 e. The van der Waals surface area contributed by atoms with E-state index in [0.29, 0.717) is 23.9 Å². The zero-order chi connectivity index (χ0) is 26.2. The van der Waals surface area contributed by atoms with Crippen LogP contribution in [-0.2, 0) is 32.0 Å². The third kappa shape index (κ3) is 9.79. The molecule has 0 unspecified atom stereocenters. The van der Waals surface area contributed by atoms with Crippen LogP contribution in [0.25, 0.3) is 10.8 Å². The molecule has 0 fully saturated rings. The Kier molecular flexibility index (Phi) is 18.6. The summed E-state index contributed by atoms with van der Waals surface area (Å²) in [6, 6.07) is 6.72. The summed E-state index contributed by atoms with van der Waals surface area (Å²) in [5.74, 6) is 0.190. The molecular weight excluding hydrogens is 939 g/mol. The standard InChI is InChI=1S/C15H27N4O2.C11H5N2O2.Au.2Pr/c1-5-18(6-2)14(20)11-16-9-10-17(13-16)12-15(21)19(7-3)8-4;14-10-6-3-1-2-4-7(6)11(15)9-8(10)12-5-13-9;;;/h9-10,13H,5-8,11-12H2,1-4H3;1-5H;;;/q-1;-3;;;. The summed E-state index contributed by atoms with van der Waals surface area (Å²) >= 11 is 0. The molecule has 0 saturated carbocycles. The Balaban J connectivity index is 0.000000712. The molecule has 0 aromatic heterocycles. The van der Waals surface area contributed by atoms with E-state index in [-0.39, 0.29) is 138 Å². The minimum Gasteiger partial charge on any atom is -0.806 e. The normalized spacial score (nSPS) is 11.7. The largest absolute Gasteiger partial charge is 0.806 e. The van der Waals surface area contributed by atoms with Crippen molar-refractivity contribution in [2.24, 2.45) is 0 Å². The maximum absolute atomic E-state index is 12.0. The summed E-state index contributed by atoms with van der Waals surface area (Å²) in [6.07, 6.45) is 4.90. The molecule has 0 atom stereocenters. The van der Waals surface area contributed by atoms with Crippen molar-refractivity contribution in [3.63, 3.8) is 0 Å². The second-order valence-corrected chi connectivity index (χ2v) is 8.17. The van der Waals surface area contributed by atoms with Crippen molar-refractivity contribution in [2.45, 2.75) is 27.7 Å². The van der Waals surface area contributed by atoms with Crippen molar-refractivity contribution < 1.29 is 115 Å². The van der Waals surface area contributed by atoms with E-state index >= 15 is 0 Å². The third-order valence-corrected chi connectivity index (χ3v) is 6.06. The van der Waals surface area contributed by atoms with Gasteiger partial charge in [0.2, 0.25) is 11.8 Å². The molecule has 0 spiro atoms. The van der Waals surface area contributed by atoms with Crippen LogP contribution in [0.1, 0.15) is 27.7 Å². The van der Waals surface area contributed by atoms with E-state index in [1.807, 2.05) is 56.6 Å². The van der Waals surface area contributed by atoms with Crippen LogP contribution >= 0.6 is 0 Å². The van der Waals surface area contributed by atoms with Crippen LogP contribution in [-0.4, -0.2) is 70.7 Å². The molecule has 13 heteroatoms. The first-order chi connectivity index (χ1) is 17.3. The van der Waals surface area contributed by atoms with Crippen molar-refractivity contribution in [3.8, 4) is 0 Å². The number of fused-ring (bicyclic) bond motifs is 1. The Morgan fingerprint density at radius 3 is 1.44 bits per heavy atom. The summed E-state index contributed by atoms with van der Waals surface area (Å²) in [5.41, 5.74) is -0.449. The van der Waals surface area contributed by atoms with E-state index in [4.69, 9.17) is 0 Å². The number of hydrogen-bond donors (Lipinski definition) is 0. The summed E-state index contributed by atoms with van der Waals surface area (Å²) in [6.45, 7) is 13.2. The average molecular weight is 971 g/mol. The molecule has 0 saturated heterocycles. The van der Waals surface area contributed by atoms with Crippen LogP contribution in [0.15, 0.2) is 52.6 Å². The van der Waals surface area contributed by atoms with Gasteiger partial charge in [0.15, 0.2) is 0 Å². The SMILES string of the molecule is CCN(CC)C(=O)CN1C=CN(CC(=O)N(CC)CC)[CH-]1.O=c1c2[n-][cH-][n-]c=2c(=O)c2ccccc12.[Au].[Pr].[Pr]. The van der Waals surface area contributed by atoms with E-state index in [2.05, 4.69) is 9.97 Å². The van der Waals surface area contributed by atoms with Gasteiger partial charge >= 0.3 is 0 Å². The fraction of sp³-hybridized carbons (Fsp3) is 0.385. The molecule has 1 aliphatic carbocycles. The van der Waals surface area contributed by atoms with Crippen LogP contribution in [0.2, 0.25) is 0 Å². The van der Waals surface area contributed by atoms with Crippen LogP contribution in [0, 0.1) is 100.0 Å².